The average Bonchev–Trinajstić information content (AvgIpc) is 2.64. The van der Waals surface area contributed by atoms with Crippen molar-refractivity contribution in [3.63, 3.8) is 0 Å². The molecule has 0 radical (unpaired) electrons. The predicted molar refractivity (Wildman–Crippen MR) is 98.3 cm³/mol. The Hall–Kier alpha value is -2.47. The van der Waals surface area contributed by atoms with E-state index in [2.05, 4.69) is 36.1 Å². The summed E-state index contributed by atoms with van der Waals surface area (Å²) in [4.78, 5) is 0. The summed E-state index contributed by atoms with van der Waals surface area (Å²) >= 11 is 0. The lowest BCUT2D eigenvalue weighted by Crippen LogP contribution is -2.14. The highest BCUT2D eigenvalue weighted by atomic mass is 19.2. The van der Waals surface area contributed by atoms with E-state index >= 15 is 0 Å². The Labute approximate surface area is 152 Å². The molecule has 0 spiro atoms. The van der Waals surface area contributed by atoms with Crippen LogP contribution in [0.4, 0.5) is 13.2 Å². The van der Waals surface area contributed by atoms with E-state index in [1.807, 2.05) is 13.0 Å². The fourth-order valence-corrected chi connectivity index (χ4v) is 3.43. The van der Waals surface area contributed by atoms with Crippen molar-refractivity contribution in [2.24, 2.45) is 5.92 Å². The molecule has 26 heavy (non-hydrogen) atoms. The van der Waals surface area contributed by atoms with Crippen LogP contribution in [0.25, 0.3) is 0 Å². The van der Waals surface area contributed by atoms with Gasteiger partial charge in [0.1, 0.15) is 0 Å². The minimum atomic E-state index is -1.46. The van der Waals surface area contributed by atoms with Crippen molar-refractivity contribution in [3.8, 4) is 11.8 Å². The molecule has 3 heteroatoms. The molecule has 1 unspecified atom stereocenters. The van der Waals surface area contributed by atoms with Gasteiger partial charge in [0.15, 0.2) is 17.5 Å². The molecular formula is C23H21F3. The molecule has 0 aromatic heterocycles. The first kappa shape index (κ1) is 18.3. The molecule has 0 aliphatic heterocycles. The lowest BCUT2D eigenvalue weighted by Gasteiger charge is -2.24. The standard InChI is InChI=1S/C23H21F3/c1-2-3-4-5-16-8-10-20-13-17(9-11-19(20)12-16)6-7-18-14-21(24)23(26)22(25)15-18/h2-3,9,11,13-16H,4-5,8,10,12H2,1H3/b3-2+. The smallest absolute Gasteiger partial charge is 0.194 e. The highest BCUT2D eigenvalue weighted by Gasteiger charge is 2.18. The van der Waals surface area contributed by atoms with E-state index in [1.54, 1.807) is 0 Å². The first-order valence-electron chi connectivity index (χ1n) is 8.96. The average molecular weight is 354 g/mol. The summed E-state index contributed by atoms with van der Waals surface area (Å²) in [7, 11) is 0. The minimum Gasteiger partial charge on any atom is -0.204 e. The topological polar surface area (TPSA) is 0 Å². The monoisotopic (exact) mass is 354 g/mol. The summed E-state index contributed by atoms with van der Waals surface area (Å²) in [6, 6.07) is 7.93. The Bertz CT molecular complexity index is 861. The fourth-order valence-electron chi connectivity index (χ4n) is 3.43. The van der Waals surface area contributed by atoms with Crippen LogP contribution in [-0.4, -0.2) is 0 Å². The van der Waals surface area contributed by atoms with Gasteiger partial charge in [0, 0.05) is 11.1 Å². The Morgan fingerprint density at radius 1 is 1.00 bits per heavy atom. The Kier molecular flexibility index (Phi) is 5.83. The maximum absolute atomic E-state index is 13.3. The van der Waals surface area contributed by atoms with E-state index in [4.69, 9.17) is 0 Å². The van der Waals surface area contributed by atoms with Crippen LogP contribution in [-0.2, 0) is 12.8 Å². The number of hydrogen-bond acceptors (Lipinski definition) is 0. The molecule has 1 atom stereocenters. The van der Waals surface area contributed by atoms with Crippen LogP contribution >= 0.6 is 0 Å². The second-order valence-corrected chi connectivity index (χ2v) is 6.74. The van der Waals surface area contributed by atoms with Crippen molar-refractivity contribution in [2.45, 2.75) is 39.0 Å². The highest BCUT2D eigenvalue weighted by Crippen LogP contribution is 2.29. The first-order valence-corrected chi connectivity index (χ1v) is 8.96. The second kappa shape index (κ2) is 8.27. The molecule has 3 rings (SSSR count). The third-order valence-corrected chi connectivity index (χ3v) is 4.85. The molecule has 1 aliphatic carbocycles. The Balaban J connectivity index is 1.73. The van der Waals surface area contributed by atoms with Gasteiger partial charge in [-0.05, 0) is 80.3 Å². The van der Waals surface area contributed by atoms with Crippen LogP contribution in [0.15, 0.2) is 42.5 Å². The fraction of sp³-hybridized carbons (Fsp3) is 0.304. The van der Waals surface area contributed by atoms with Crippen molar-refractivity contribution in [1.29, 1.82) is 0 Å². The molecule has 0 N–H and O–H groups in total. The molecule has 0 bridgehead atoms. The van der Waals surface area contributed by atoms with Crippen LogP contribution in [0, 0.1) is 35.2 Å². The lowest BCUT2D eigenvalue weighted by molar-refractivity contribution is 0.430. The SMILES string of the molecule is C/C=C/CCC1CCc2cc(C#Cc3cc(F)c(F)c(F)c3)ccc2C1. The molecule has 0 saturated heterocycles. The van der Waals surface area contributed by atoms with Gasteiger partial charge in [-0.3, -0.25) is 0 Å². The van der Waals surface area contributed by atoms with Gasteiger partial charge in [-0.15, -0.1) is 0 Å². The molecule has 0 heterocycles. The molecule has 1 aliphatic rings. The number of aryl methyl sites for hydroxylation is 1. The van der Waals surface area contributed by atoms with Gasteiger partial charge in [0.2, 0.25) is 0 Å². The van der Waals surface area contributed by atoms with Crippen LogP contribution in [0.5, 0.6) is 0 Å². The summed E-state index contributed by atoms with van der Waals surface area (Å²) in [5.74, 6) is 2.46. The van der Waals surface area contributed by atoms with Crippen LogP contribution in [0.2, 0.25) is 0 Å². The van der Waals surface area contributed by atoms with Crippen molar-refractivity contribution in [3.05, 3.63) is 82.2 Å². The highest BCUT2D eigenvalue weighted by molar-refractivity contribution is 5.46. The molecule has 0 amide bonds. The number of benzene rings is 2. The minimum absolute atomic E-state index is 0.128. The summed E-state index contributed by atoms with van der Waals surface area (Å²) in [5.41, 5.74) is 3.60. The largest absolute Gasteiger partial charge is 0.204 e. The molecule has 134 valence electrons. The van der Waals surface area contributed by atoms with Gasteiger partial charge in [-0.1, -0.05) is 30.1 Å². The summed E-state index contributed by atoms with van der Waals surface area (Å²) in [6.45, 7) is 2.05. The van der Waals surface area contributed by atoms with Crippen LogP contribution < -0.4 is 0 Å². The maximum Gasteiger partial charge on any atom is 0.194 e. The summed E-state index contributed by atoms with van der Waals surface area (Å²) in [6.07, 6.45) is 9.96. The Morgan fingerprint density at radius 3 is 2.46 bits per heavy atom. The number of allylic oxidation sites excluding steroid dienone is 2. The van der Waals surface area contributed by atoms with E-state index in [0.717, 1.165) is 42.9 Å². The molecule has 2 aromatic carbocycles. The van der Waals surface area contributed by atoms with E-state index < -0.39 is 17.5 Å². The van der Waals surface area contributed by atoms with Crippen molar-refractivity contribution < 1.29 is 13.2 Å². The van der Waals surface area contributed by atoms with Gasteiger partial charge in [0.25, 0.3) is 0 Å². The van der Waals surface area contributed by atoms with Crippen molar-refractivity contribution in [1.82, 2.24) is 0 Å². The molecule has 0 fully saturated rings. The third kappa shape index (κ3) is 4.38. The van der Waals surface area contributed by atoms with Gasteiger partial charge >= 0.3 is 0 Å². The zero-order valence-electron chi connectivity index (χ0n) is 14.8. The number of halogens is 3. The normalized spacial score (nSPS) is 16.2. The number of rotatable bonds is 3. The molecular weight excluding hydrogens is 333 g/mol. The van der Waals surface area contributed by atoms with Gasteiger partial charge in [-0.2, -0.15) is 0 Å². The molecule has 2 aromatic rings. The predicted octanol–water partition coefficient (Wildman–Crippen LogP) is 5.96. The van der Waals surface area contributed by atoms with E-state index in [0.29, 0.717) is 0 Å². The molecule has 0 nitrogen and oxygen atoms in total. The lowest BCUT2D eigenvalue weighted by atomic mass is 9.81. The Morgan fingerprint density at radius 2 is 1.73 bits per heavy atom. The maximum atomic E-state index is 13.3. The van der Waals surface area contributed by atoms with Crippen molar-refractivity contribution >= 4 is 0 Å². The number of fused-ring (bicyclic) bond motifs is 1. The zero-order chi connectivity index (χ0) is 18.5. The summed E-state index contributed by atoms with van der Waals surface area (Å²) in [5, 5.41) is 0. The van der Waals surface area contributed by atoms with Gasteiger partial charge in [0.05, 0.1) is 0 Å². The van der Waals surface area contributed by atoms with Gasteiger partial charge < -0.3 is 0 Å². The van der Waals surface area contributed by atoms with Crippen LogP contribution in [0.3, 0.4) is 0 Å². The van der Waals surface area contributed by atoms with Crippen molar-refractivity contribution in [2.75, 3.05) is 0 Å². The van der Waals surface area contributed by atoms with Gasteiger partial charge in [-0.25, -0.2) is 13.2 Å². The van der Waals surface area contributed by atoms with E-state index in [9.17, 15) is 13.2 Å². The summed E-state index contributed by atoms with van der Waals surface area (Å²) < 4.78 is 39.5. The zero-order valence-corrected chi connectivity index (χ0v) is 14.8. The third-order valence-electron chi connectivity index (χ3n) is 4.85. The van der Waals surface area contributed by atoms with Crippen LogP contribution in [0.1, 0.15) is 48.4 Å². The quantitative estimate of drug-likeness (QED) is 0.362. The van der Waals surface area contributed by atoms with E-state index in [-0.39, 0.29) is 5.56 Å². The first-order chi connectivity index (χ1) is 12.6. The van der Waals surface area contributed by atoms with E-state index in [1.165, 1.54) is 24.0 Å². The second-order valence-electron chi connectivity index (χ2n) is 6.74. The molecule has 0 saturated carbocycles. The number of hydrogen-bond donors (Lipinski definition) is 0.